The SMILES string of the molecule is CC(C)(C)C1CC(CN)(S(C)(=O)=O)C1. The predicted octanol–water partition coefficient (Wildman–Crippen LogP) is 1.18. The molecule has 0 aliphatic heterocycles. The van der Waals surface area contributed by atoms with Gasteiger partial charge in [0.2, 0.25) is 0 Å². The third-order valence-electron chi connectivity index (χ3n) is 3.62. The predicted molar refractivity (Wildman–Crippen MR) is 58.8 cm³/mol. The monoisotopic (exact) mass is 219 g/mol. The van der Waals surface area contributed by atoms with E-state index in [0.29, 0.717) is 5.92 Å². The van der Waals surface area contributed by atoms with Crippen LogP contribution in [0.3, 0.4) is 0 Å². The first-order valence-electron chi connectivity index (χ1n) is 5.02. The molecule has 0 saturated heterocycles. The molecule has 14 heavy (non-hydrogen) atoms. The third kappa shape index (κ3) is 1.82. The largest absolute Gasteiger partial charge is 0.329 e. The van der Waals surface area contributed by atoms with Gasteiger partial charge in [0.25, 0.3) is 0 Å². The van der Waals surface area contributed by atoms with Gasteiger partial charge in [0.05, 0.1) is 4.75 Å². The van der Waals surface area contributed by atoms with Crippen LogP contribution in [0.25, 0.3) is 0 Å². The van der Waals surface area contributed by atoms with Gasteiger partial charge in [-0.1, -0.05) is 20.8 Å². The molecule has 84 valence electrons. The van der Waals surface area contributed by atoms with E-state index < -0.39 is 14.6 Å². The average molecular weight is 219 g/mol. The van der Waals surface area contributed by atoms with E-state index in [0.717, 1.165) is 12.8 Å². The van der Waals surface area contributed by atoms with Crippen LogP contribution in [-0.4, -0.2) is 26.0 Å². The van der Waals surface area contributed by atoms with Crippen molar-refractivity contribution in [2.45, 2.75) is 38.4 Å². The Morgan fingerprint density at radius 3 is 2.00 bits per heavy atom. The molecule has 4 heteroatoms. The number of hydrogen-bond acceptors (Lipinski definition) is 3. The van der Waals surface area contributed by atoms with Gasteiger partial charge in [-0.3, -0.25) is 0 Å². The summed E-state index contributed by atoms with van der Waals surface area (Å²) in [5.41, 5.74) is 5.78. The Kier molecular flexibility index (Phi) is 2.74. The molecule has 0 amide bonds. The van der Waals surface area contributed by atoms with Crippen molar-refractivity contribution in [2.75, 3.05) is 12.8 Å². The molecule has 0 unspecified atom stereocenters. The molecule has 0 bridgehead atoms. The van der Waals surface area contributed by atoms with Crippen molar-refractivity contribution < 1.29 is 8.42 Å². The summed E-state index contributed by atoms with van der Waals surface area (Å²) in [5.74, 6) is 0.487. The van der Waals surface area contributed by atoms with Crippen LogP contribution in [0.4, 0.5) is 0 Å². The van der Waals surface area contributed by atoms with Crippen molar-refractivity contribution in [2.24, 2.45) is 17.1 Å². The minimum absolute atomic E-state index is 0.198. The maximum absolute atomic E-state index is 11.6. The van der Waals surface area contributed by atoms with Gasteiger partial charge in [0.15, 0.2) is 9.84 Å². The van der Waals surface area contributed by atoms with Crippen LogP contribution in [-0.2, 0) is 9.84 Å². The quantitative estimate of drug-likeness (QED) is 0.758. The van der Waals surface area contributed by atoms with Crippen molar-refractivity contribution in [1.29, 1.82) is 0 Å². The van der Waals surface area contributed by atoms with Gasteiger partial charge >= 0.3 is 0 Å². The van der Waals surface area contributed by atoms with Gasteiger partial charge in [-0.2, -0.15) is 0 Å². The molecule has 0 radical (unpaired) electrons. The van der Waals surface area contributed by atoms with Crippen molar-refractivity contribution in [1.82, 2.24) is 0 Å². The van der Waals surface area contributed by atoms with E-state index >= 15 is 0 Å². The topological polar surface area (TPSA) is 60.2 Å². The van der Waals surface area contributed by atoms with Crippen molar-refractivity contribution >= 4 is 9.84 Å². The van der Waals surface area contributed by atoms with Crippen LogP contribution in [0.1, 0.15) is 33.6 Å². The zero-order valence-corrected chi connectivity index (χ0v) is 10.3. The van der Waals surface area contributed by atoms with Crippen molar-refractivity contribution in [3.63, 3.8) is 0 Å². The molecule has 0 aromatic carbocycles. The Morgan fingerprint density at radius 1 is 1.36 bits per heavy atom. The molecule has 0 heterocycles. The average Bonchev–Trinajstić information content (AvgIpc) is 1.78. The molecule has 1 saturated carbocycles. The van der Waals surface area contributed by atoms with Crippen LogP contribution in [0.15, 0.2) is 0 Å². The smallest absolute Gasteiger partial charge is 0.154 e. The zero-order valence-electron chi connectivity index (χ0n) is 9.50. The fourth-order valence-electron chi connectivity index (χ4n) is 2.07. The number of hydrogen-bond donors (Lipinski definition) is 1. The van der Waals surface area contributed by atoms with Gasteiger partial charge in [0.1, 0.15) is 0 Å². The van der Waals surface area contributed by atoms with E-state index in [1.807, 2.05) is 0 Å². The molecule has 2 N–H and O–H groups in total. The second-order valence-corrected chi connectivity index (χ2v) is 8.04. The maximum Gasteiger partial charge on any atom is 0.154 e. The lowest BCUT2D eigenvalue weighted by atomic mass is 9.62. The minimum atomic E-state index is -3.00. The minimum Gasteiger partial charge on any atom is -0.329 e. The lowest BCUT2D eigenvalue weighted by Crippen LogP contribution is -2.57. The number of sulfone groups is 1. The van der Waals surface area contributed by atoms with E-state index in [4.69, 9.17) is 5.73 Å². The lowest BCUT2D eigenvalue weighted by molar-refractivity contribution is 0.0965. The van der Waals surface area contributed by atoms with Crippen molar-refractivity contribution in [3.8, 4) is 0 Å². The van der Waals surface area contributed by atoms with Crippen LogP contribution in [0.5, 0.6) is 0 Å². The fourth-order valence-corrected chi connectivity index (χ4v) is 3.38. The Morgan fingerprint density at radius 2 is 1.79 bits per heavy atom. The summed E-state index contributed by atoms with van der Waals surface area (Å²) < 4.78 is 22.5. The summed E-state index contributed by atoms with van der Waals surface area (Å²) in [6, 6.07) is 0. The number of rotatable bonds is 2. The number of nitrogens with two attached hydrogens (primary N) is 1. The first-order valence-corrected chi connectivity index (χ1v) is 6.91. The fraction of sp³-hybridized carbons (Fsp3) is 1.00. The molecular formula is C10H21NO2S. The van der Waals surface area contributed by atoms with Gasteiger partial charge in [-0.05, 0) is 24.2 Å². The summed E-state index contributed by atoms with van der Waals surface area (Å²) in [6.45, 7) is 6.72. The first kappa shape index (κ1) is 12.0. The molecule has 0 atom stereocenters. The summed E-state index contributed by atoms with van der Waals surface area (Å²) in [4.78, 5) is 0. The van der Waals surface area contributed by atoms with Crippen LogP contribution < -0.4 is 5.73 Å². The molecule has 0 aromatic heterocycles. The highest BCUT2D eigenvalue weighted by Gasteiger charge is 2.53. The zero-order chi connectivity index (χ0) is 11.2. The maximum atomic E-state index is 11.6. The Labute approximate surface area is 87.0 Å². The highest BCUT2D eigenvalue weighted by molar-refractivity contribution is 7.92. The molecule has 1 rings (SSSR count). The highest BCUT2D eigenvalue weighted by Crippen LogP contribution is 2.50. The second-order valence-electron chi connectivity index (χ2n) is 5.63. The highest BCUT2D eigenvalue weighted by atomic mass is 32.2. The van der Waals surface area contributed by atoms with Crippen LogP contribution in [0, 0.1) is 11.3 Å². The van der Waals surface area contributed by atoms with E-state index in [-0.39, 0.29) is 12.0 Å². The van der Waals surface area contributed by atoms with Crippen molar-refractivity contribution in [3.05, 3.63) is 0 Å². The van der Waals surface area contributed by atoms with Crippen LogP contribution in [0.2, 0.25) is 0 Å². The Bertz CT molecular complexity index is 308. The second kappa shape index (κ2) is 3.20. The lowest BCUT2D eigenvalue weighted by Gasteiger charge is -2.51. The molecule has 1 fully saturated rings. The van der Waals surface area contributed by atoms with E-state index in [9.17, 15) is 8.42 Å². The van der Waals surface area contributed by atoms with Gasteiger partial charge < -0.3 is 5.73 Å². The molecule has 0 spiro atoms. The van der Waals surface area contributed by atoms with Crippen LogP contribution >= 0.6 is 0 Å². The standard InChI is InChI=1S/C10H21NO2S/c1-9(2,3)8-5-10(6-8,7-11)14(4,12)13/h8H,5-7,11H2,1-4H3. The molecule has 3 nitrogen and oxygen atoms in total. The summed E-state index contributed by atoms with van der Waals surface area (Å²) >= 11 is 0. The molecule has 0 aromatic rings. The third-order valence-corrected chi connectivity index (χ3v) is 5.69. The van der Waals surface area contributed by atoms with Gasteiger partial charge in [0, 0.05) is 12.8 Å². The first-order chi connectivity index (χ1) is 6.12. The summed E-state index contributed by atoms with van der Waals surface area (Å²) in [5, 5.41) is 0. The molecule has 1 aliphatic carbocycles. The molecular weight excluding hydrogens is 198 g/mol. The molecule has 1 aliphatic rings. The normalized spacial score (nSPS) is 33.9. The Balaban J connectivity index is 2.78. The van der Waals surface area contributed by atoms with Gasteiger partial charge in [-0.25, -0.2) is 8.42 Å². The Hall–Kier alpha value is -0.0900. The summed E-state index contributed by atoms with van der Waals surface area (Å²) in [7, 11) is -3.00. The summed E-state index contributed by atoms with van der Waals surface area (Å²) in [6.07, 6.45) is 2.76. The van der Waals surface area contributed by atoms with E-state index in [1.54, 1.807) is 0 Å². The van der Waals surface area contributed by atoms with E-state index in [2.05, 4.69) is 20.8 Å². The van der Waals surface area contributed by atoms with E-state index in [1.165, 1.54) is 6.26 Å². The van der Waals surface area contributed by atoms with Gasteiger partial charge in [-0.15, -0.1) is 0 Å².